The first-order valence-corrected chi connectivity index (χ1v) is 4.93. The topological polar surface area (TPSA) is 52.6 Å². The van der Waals surface area contributed by atoms with E-state index < -0.39 is 23.1 Å². The summed E-state index contributed by atoms with van der Waals surface area (Å²) in [4.78, 5) is 22.5. The minimum atomic E-state index is -0.570. The van der Waals surface area contributed by atoms with Crippen LogP contribution in [0.5, 0.6) is 0 Å². The maximum atomic E-state index is 11.2. The molecule has 4 nitrogen and oxygen atoms in total. The summed E-state index contributed by atoms with van der Waals surface area (Å²) in [7, 11) is 0. The first kappa shape index (κ1) is 13.9. The van der Waals surface area contributed by atoms with Crippen molar-refractivity contribution in [1.29, 1.82) is 0 Å². The van der Waals surface area contributed by atoms with Crippen LogP contribution in [0, 0.1) is 0 Å². The summed E-state index contributed by atoms with van der Waals surface area (Å²) < 4.78 is 9.97. The number of esters is 2. The van der Waals surface area contributed by atoms with Crippen molar-refractivity contribution in [2.75, 3.05) is 0 Å². The van der Waals surface area contributed by atoms with Crippen LogP contribution in [0.3, 0.4) is 0 Å². The Hall–Kier alpha value is -1.06. The van der Waals surface area contributed by atoms with Crippen LogP contribution < -0.4 is 0 Å². The van der Waals surface area contributed by atoms with E-state index in [4.69, 9.17) is 9.47 Å². The third-order valence-corrected chi connectivity index (χ3v) is 1.13. The monoisotopic (exact) mass is 216 g/mol. The predicted molar refractivity (Wildman–Crippen MR) is 56.3 cm³/mol. The molecule has 0 saturated heterocycles. The Morgan fingerprint density at radius 3 is 1.27 bits per heavy atom. The number of hydrogen-bond acceptors (Lipinski definition) is 4. The number of carbonyl (C=O) groups excluding carboxylic acids is 2. The summed E-state index contributed by atoms with van der Waals surface area (Å²) in [5.41, 5.74) is -1.14. The van der Waals surface area contributed by atoms with Crippen molar-refractivity contribution in [3.63, 3.8) is 0 Å². The molecule has 0 radical (unpaired) electrons. The van der Waals surface area contributed by atoms with Gasteiger partial charge < -0.3 is 9.47 Å². The van der Waals surface area contributed by atoms with Crippen LogP contribution in [0.4, 0.5) is 0 Å². The van der Waals surface area contributed by atoms with Gasteiger partial charge in [0.05, 0.1) is 0 Å². The largest absolute Gasteiger partial charge is 0.460 e. The van der Waals surface area contributed by atoms with E-state index in [1.807, 2.05) is 0 Å². The van der Waals surface area contributed by atoms with E-state index in [0.29, 0.717) is 0 Å². The third-order valence-electron chi connectivity index (χ3n) is 1.13. The maximum absolute atomic E-state index is 11.2. The highest BCUT2D eigenvalue weighted by Gasteiger charge is 2.22. The van der Waals surface area contributed by atoms with Crippen molar-refractivity contribution in [3.8, 4) is 0 Å². The second kappa shape index (κ2) is 4.64. The van der Waals surface area contributed by atoms with E-state index in [1.165, 1.54) is 0 Å². The molecule has 0 bridgehead atoms. The van der Waals surface area contributed by atoms with E-state index in [-0.39, 0.29) is 6.42 Å². The Bertz CT molecular complexity index is 216. The maximum Gasteiger partial charge on any atom is 0.317 e. The molecule has 0 aliphatic heterocycles. The Morgan fingerprint density at radius 2 is 1.07 bits per heavy atom. The van der Waals surface area contributed by atoms with Gasteiger partial charge in [0.2, 0.25) is 0 Å². The van der Waals surface area contributed by atoms with Crippen molar-refractivity contribution in [2.45, 2.75) is 59.2 Å². The Labute approximate surface area is 90.9 Å². The molecular formula is C11H20O4. The number of hydrogen-bond donors (Lipinski definition) is 0. The zero-order valence-corrected chi connectivity index (χ0v) is 10.3. The van der Waals surface area contributed by atoms with Crippen LogP contribution in [-0.4, -0.2) is 23.1 Å². The normalized spacial score (nSPS) is 12.1. The second-order valence-corrected chi connectivity index (χ2v) is 5.35. The molecular weight excluding hydrogens is 196 g/mol. The summed E-state index contributed by atoms with van der Waals surface area (Å²) in [6, 6.07) is 0. The van der Waals surface area contributed by atoms with Gasteiger partial charge in [-0.3, -0.25) is 9.59 Å². The SMILES string of the molecule is CC(C)(C)OC(=O)CC(=O)OC(C)(C)C. The average Bonchev–Trinajstić information content (AvgIpc) is 1.73. The molecule has 0 aliphatic rings. The zero-order valence-electron chi connectivity index (χ0n) is 10.3. The lowest BCUT2D eigenvalue weighted by Crippen LogP contribution is -2.29. The molecule has 0 fully saturated rings. The van der Waals surface area contributed by atoms with Gasteiger partial charge in [0.1, 0.15) is 17.6 Å². The molecule has 4 heteroatoms. The number of carbonyl (C=O) groups is 2. The van der Waals surface area contributed by atoms with Gasteiger partial charge in [0.25, 0.3) is 0 Å². The van der Waals surface area contributed by atoms with Gasteiger partial charge in [-0.1, -0.05) is 0 Å². The van der Waals surface area contributed by atoms with Gasteiger partial charge in [-0.15, -0.1) is 0 Å². The van der Waals surface area contributed by atoms with Gasteiger partial charge >= 0.3 is 11.9 Å². The molecule has 0 unspecified atom stereocenters. The molecule has 0 heterocycles. The van der Waals surface area contributed by atoms with E-state index in [1.54, 1.807) is 41.5 Å². The smallest absolute Gasteiger partial charge is 0.317 e. The van der Waals surface area contributed by atoms with Crippen molar-refractivity contribution < 1.29 is 19.1 Å². The van der Waals surface area contributed by atoms with Crippen molar-refractivity contribution in [2.24, 2.45) is 0 Å². The first-order valence-electron chi connectivity index (χ1n) is 4.93. The van der Waals surface area contributed by atoms with Gasteiger partial charge in [0.15, 0.2) is 0 Å². The fraction of sp³-hybridized carbons (Fsp3) is 0.818. The second-order valence-electron chi connectivity index (χ2n) is 5.35. The molecule has 0 aromatic carbocycles. The van der Waals surface area contributed by atoms with Crippen LogP contribution >= 0.6 is 0 Å². The number of rotatable bonds is 2. The lowest BCUT2D eigenvalue weighted by Gasteiger charge is -2.21. The third kappa shape index (κ3) is 9.25. The molecule has 0 spiro atoms. The Kier molecular flexibility index (Phi) is 4.31. The van der Waals surface area contributed by atoms with Crippen LogP contribution in [0.15, 0.2) is 0 Å². The van der Waals surface area contributed by atoms with Crippen LogP contribution in [-0.2, 0) is 19.1 Å². The molecule has 0 N–H and O–H groups in total. The van der Waals surface area contributed by atoms with Crippen molar-refractivity contribution >= 4 is 11.9 Å². The van der Waals surface area contributed by atoms with Gasteiger partial charge in [-0.05, 0) is 41.5 Å². The summed E-state index contributed by atoms with van der Waals surface area (Å²) in [6.45, 7) is 10.5. The molecule has 0 aromatic heterocycles. The molecule has 0 rings (SSSR count). The van der Waals surface area contributed by atoms with Gasteiger partial charge in [-0.2, -0.15) is 0 Å². The summed E-state index contributed by atoms with van der Waals surface area (Å²) in [5.74, 6) is -1.12. The zero-order chi connectivity index (χ0) is 12.3. The summed E-state index contributed by atoms with van der Waals surface area (Å²) in [5, 5.41) is 0. The predicted octanol–water partition coefficient (Wildman–Crippen LogP) is 2.06. The van der Waals surface area contributed by atoms with E-state index in [2.05, 4.69) is 0 Å². The lowest BCUT2D eigenvalue weighted by molar-refractivity contribution is -0.166. The quantitative estimate of drug-likeness (QED) is 0.523. The fourth-order valence-electron chi connectivity index (χ4n) is 0.873. The van der Waals surface area contributed by atoms with Gasteiger partial charge in [-0.25, -0.2) is 0 Å². The highest BCUT2D eigenvalue weighted by atomic mass is 16.6. The highest BCUT2D eigenvalue weighted by Crippen LogP contribution is 2.11. The molecule has 0 amide bonds. The molecule has 88 valence electrons. The van der Waals surface area contributed by atoms with Crippen LogP contribution in [0.25, 0.3) is 0 Å². The molecule has 0 saturated carbocycles. The molecule has 15 heavy (non-hydrogen) atoms. The van der Waals surface area contributed by atoms with Gasteiger partial charge in [0, 0.05) is 0 Å². The summed E-state index contributed by atoms with van der Waals surface area (Å²) >= 11 is 0. The molecule has 0 atom stereocenters. The fourth-order valence-corrected chi connectivity index (χ4v) is 0.873. The molecule has 0 aromatic rings. The Balaban J connectivity index is 4.04. The van der Waals surface area contributed by atoms with Crippen molar-refractivity contribution in [1.82, 2.24) is 0 Å². The van der Waals surface area contributed by atoms with E-state index in [0.717, 1.165) is 0 Å². The first-order chi connectivity index (χ1) is 6.49. The van der Waals surface area contributed by atoms with Crippen molar-refractivity contribution in [3.05, 3.63) is 0 Å². The Morgan fingerprint density at radius 1 is 0.800 bits per heavy atom. The summed E-state index contributed by atoms with van der Waals surface area (Å²) in [6.07, 6.45) is -0.339. The van der Waals surface area contributed by atoms with E-state index in [9.17, 15) is 9.59 Å². The van der Waals surface area contributed by atoms with Crippen LogP contribution in [0.1, 0.15) is 48.0 Å². The van der Waals surface area contributed by atoms with Crippen LogP contribution in [0.2, 0.25) is 0 Å². The standard InChI is InChI=1S/C11H20O4/c1-10(2,3)14-8(12)7-9(13)15-11(4,5)6/h7H2,1-6H3. The average molecular weight is 216 g/mol. The molecule has 0 aliphatic carbocycles. The minimum absolute atomic E-state index is 0.339. The van der Waals surface area contributed by atoms with E-state index >= 15 is 0 Å². The lowest BCUT2D eigenvalue weighted by atomic mass is 10.2. The number of ether oxygens (including phenoxy) is 2. The highest BCUT2D eigenvalue weighted by molar-refractivity contribution is 5.91. The minimum Gasteiger partial charge on any atom is -0.460 e.